The number of nitrogens with one attached hydrogen (secondary N) is 1. The molecule has 0 bridgehead atoms. The maximum atomic E-state index is 12.3. The van der Waals surface area contributed by atoms with Gasteiger partial charge in [0.1, 0.15) is 0 Å². The number of carbonyl (C=O) groups excluding carboxylic acids is 1. The monoisotopic (exact) mass is 422 g/mol. The van der Waals surface area contributed by atoms with Crippen molar-refractivity contribution in [3.05, 3.63) is 65.4 Å². The number of carbonyl (C=O) groups is 1. The summed E-state index contributed by atoms with van der Waals surface area (Å²) in [4.78, 5) is 14.8. The number of nitrogens with two attached hydrogens (primary N) is 2. The third-order valence-electron chi connectivity index (χ3n) is 4.00. The molecule has 0 atom stereocenters. The number of nitrogens with zero attached hydrogens (tertiary/aromatic N) is 1. The molecule has 2 aromatic carbocycles. The van der Waals surface area contributed by atoms with Crippen LogP contribution in [-0.2, 0) is 21.2 Å². The van der Waals surface area contributed by atoms with Gasteiger partial charge in [-0.2, -0.15) is 8.78 Å². The van der Waals surface area contributed by atoms with Crippen LogP contribution in [0, 0.1) is 6.92 Å². The highest BCUT2D eigenvalue weighted by Gasteiger charge is 2.18. The van der Waals surface area contributed by atoms with E-state index in [1.165, 1.54) is 12.1 Å². The van der Waals surface area contributed by atoms with Crippen molar-refractivity contribution in [1.82, 2.24) is 0 Å². The molecular formula is C19H20F2N4O3S. The van der Waals surface area contributed by atoms with Crippen LogP contribution in [-0.4, -0.2) is 27.1 Å². The average Bonchev–Trinajstić information content (AvgIpc) is 2.64. The number of allylic oxidation sites excluding steroid dienone is 1. The van der Waals surface area contributed by atoms with Gasteiger partial charge in [-0.1, -0.05) is 30.3 Å². The number of sulfonamides is 1. The molecule has 29 heavy (non-hydrogen) atoms. The fourth-order valence-electron chi connectivity index (χ4n) is 2.60. The summed E-state index contributed by atoms with van der Waals surface area (Å²) in [5.41, 5.74) is 7.29. The van der Waals surface area contributed by atoms with E-state index in [2.05, 4.69) is 10.3 Å². The van der Waals surface area contributed by atoms with Crippen molar-refractivity contribution in [2.45, 2.75) is 24.8 Å². The lowest BCUT2D eigenvalue weighted by Crippen LogP contribution is -2.18. The van der Waals surface area contributed by atoms with Crippen molar-refractivity contribution in [2.75, 3.05) is 5.32 Å². The van der Waals surface area contributed by atoms with Gasteiger partial charge in [0.15, 0.2) is 0 Å². The van der Waals surface area contributed by atoms with Crippen molar-refractivity contribution in [3.8, 4) is 0 Å². The van der Waals surface area contributed by atoms with E-state index in [1.807, 2.05) is 31.2 Å². The SMILES string of the molecule is Cc1ccccc1CC(=O)Nc1ccc(C(=C/N)/C=N/C(F)F)c(S(N)(=O)=O)c1. The van der Waals surface area contributed by atoms with E-state index in [1.54, 1.807) is 0 Å². The number of halogens is 2. The van der Waals surface area contributed by atoms with E-state index in [0.29, 0.717) is 0 Å². The van der Waals surface area contributed by atoms with Gasteiger partial charge in [0, 0.05) is 29.2 Å². The van der Waals surface area contributed by atoms with Crippen LogP contribution in [0.15, 0.2) is 58.6 Å². The summed E-state index contributed by atoms with van der Waals surface area (Å²) in [5.74, 6) is -0.360. The van der Waals surface area contributed by atoms with Crippen LogP contribution >= 0.6 is 0 Å². The molecule has 0 unspecified atom stereocenters. The average molecular weight is 422 g/mol. The lowest BCUT2D eigenvalue weighted by molar-refractivity contribution is -0.115. The smallest absolute Gasteiger partial charge is 0.331 e. The largest absolute Gasteiger partial charge is 0.404 e. The lowest BCUT2D eigenvalue weighted by Gasteiger charge is -2.12. The van der Waals surface area contributed by atoms with Crippen molar-refractivity contribution in [3.63, 3.8) is 0 Å². The number of rotatable bonds is 7. The van der Waals surface area contributed by atoms with Crippen molar-refractivity contribution >= 4 is 33.4 Å². The highest BCUT2D eigenvalue weighted by Crippen LogP contribution is 2.25. The first kappa shape index (κ1) is 22.2. The minimum absolute atomic E-state index is 0.0173. The highest BCUT2D eigenvalue weighted by atomic mass is 32.2. The summed E-state index contributed by atoms with van der Waals surface area (Å²) in [6.07, 6.45) is 1.78. The Morgan fingerprint density at radius 3 is 2.52 bits per heavy atom. The molecule has 1 amide bonds. The Morgan fingerprint density at radius 1 is 1.24 bits per heavy atom. The van der Waals surface area contributed by atoms with Gasteiger partial charge in [0.2, 0.25) is 15.9 Å². The Balaban J connectivity index is 2.34. The number of aliphatic imine (C=N–C) groups is 1. The number of hydrogen-bond donors (Lipinski definition) is 3. The maximum Gasteiger partial charge on any atom is 0.331 e. The van der Waals surface area contributed by atoms with Gasteiger partial charge < -0.3 is 11.1 Å². The quantitative estimate of drug-likeness (QED) is 0.468. The molecule has 0 heterocycles. The van der Waals surface area contributed by atoms with Crippen LogP contribution in [0.5, 0.6) is 0 Å². The Kier molecular flexibility index (Phi) is 7.18. The summed E-state index contributed by atoms with van der Waals surface area (Å²) in [7, 11) is -4.25. The molecule has 0 saturated carbocycles. The van der Waals surface area contributed by atoms with Crippen molar-refractivity contribution in [1.29, 1.82) is 0 Å². The highest BCUT2D eigenvalue weighted by molar-refractivity contribution is 7.89. The molecule has 0 fully saturated rings. The minimum Gasteiger partial charge on any atom is -0.404 e. The molecule has 0 radical (unpaired) electrons. The molecule has 0 aliphatic carbocycles. The van der Waals surface area contributed by atoms with Gasteiger partial charge >= 0.3 is 6.55 Å². The molecule has 2 aromatic rings. The predicted molar refractivity (Wildman–Crippen MR) is 108 cm³/mol. The summed E-state index contributed by atoms with van der Waals surface area (Å²) < 4.78 is 48.7. The van der Waals surface area contributed by atoms with Crippen molar-refractivity contribution < 1.29 is 22.0 Å². The summed E-state index contributed by atoms with van der Waals surface area (Å²) >= 11 is 0. The molecule has 5 N–H and O–H groups in total. The van der Waals surface area contributed by atoms with Crippen LogP contribution in [0.1, 0.15) is 16.7 Å². The standard InChI is InChI=1S/C19H20F2N4O3S/c1-12-4-2-3-5-13(12)8-18(26)25-15-6-7-16(17(9-15)29(23,27)28)14(10-22)11-24-19(20)21/h2-7,9-11,19H,8,22H2,1H3,(H,25,26)(H2,23,27,28)/b14-10+,24-11+. The number of aryl methyl sites for hydroxylation is 1. The van der Waals surface area contributed by atoms with Crippen molar-refractivity contribution in [2.24, 2.45) is 15.9 Å². The first-order chi connectivity index (χ1) is 13.6. The van der Waals surface area contributed by atoms with E-state index in [9.17, 15) is 22.0 Å². The molecule has 0 aliphatic heterocycles. The summed E-state index contributed by atoms with van der Waals surface area (Å²) in [5, 5.41) is 7.85. The lowest BCUT2D eigenvalue weighted by atomic mass is 10.1. The van der Waals surface area contributed by atoms with Gasteiger partial charge in [-0.25, -0.2) is 18.5 Å². The second-order valence-corrected chi connectivity index (χ2v) is 7.62. The molecule has 10 heteroatoms. The van der Waals surface area contributed by atoms with Crippen LogP contribution in [0.25, 0.3) is 5.57 Å². The summed E-state index contributed by atoms with van der Waals surface area (Å²) in [6.45, 7) is -1.11. The van der Waals surface area contributed by atoms with E-state index in [4.69, 9.17) is 10.9 Å². The van der Waals surface area contributed by atoms with Crippen LogP contribution < -0.4 is 16.2 Å². The molecule has 7 nitrogen and oxygen atoms in total. The van der Waals surface area contributed by atoms with Gasteiger partial charge in [0.25, 0.3) is 0 Å². The van der Waals surface area contributed by atoms with E-state index >= 15 is 0 Å². The number of hydrogen-bond acceptors (Lipinski definition) is 5. The predicted octanol–water partition coefficient (Wildman–Crippen LogP) is 2.42. The van der Waals surface area contributed by atoms with Crippen LogP contribution in [0.4, 0.5) is 14.5 Å². The minimum atomic E-state index is -4.25. The number of alkyl halides is 2. The molecule has 0 spiro atoms. The zero-order chi connectivity index (χ0) is 21.6. The topological polar surface area (TPSA) is 128 Å². The fraction of sp³-hybridized carbons (Fsp3) is 0.158. The van der Waals surface area contributed by atoms with E-state index in [0.717, 1.165) is 29.6 Å². The Bertz CT molecular complexity index is 1070. The number of benzene rings is 2. The van der Waals surface area contributed by atoms with Gasteiger partial charge in [-0.15, -0.1) is 0 Å². The molecule has 0 aliphatic rings. The maximum absolute atomic E-state index is 12.3. The first-order valence-corrected chi connectivity index (χ1v) is 9.91. The molecule has 0 saturated heterocycles. The third-order valence-corrected chi connectivity index (χ3v) is 4.95. The molecule has 2 rings (SSSR count). The van der Waals surface area contributed by atoms with Gasteiger partial charge in [-0.05, 0) is 30.2 Å². The number of amides is 1. The Morgan fingerprint density at radius 2 is 1.93 bits per heavy atom. The number of primary sulfonamides is 1. The zero-order valence-corrected chi connectivity index (χ0v) is 16.3. The normalized spacial score (nSPS) is 12.5. The van der Waals surface area contributed by atoms with Gasteiger partial charge in [0.05, 0.1) is 11.3 Å². The van der Waals surface area contributed by atoms with Crippen LogP contribution in [0.3, 0.4) is 0 Å². The molecular weight excluding hydrogens is 402 g/mol. The second-order valence-electron chi connectivity index (χ2n) is 6.09. The Hall–Kier alpha value is -3.11. The third kappa shape index (κ3) is 6.19. The van der Waals surface area contributed by atoms with E-state index < -0.39 is 16.6 Å². The first-order valence-electron chi connectivity index (χ1n) is 8.36. The zero-order valence-electron chi connectivity index (χ0n) is 15.5. The Labute approximate surface area is 167 Å². The molecule has 154 valence electrons. The van der Waals surface area contributed by atoms with Crippen LogP contribution in [0.2, 0.25) is 0 Å². The molecule has 0 aromatic heterocycles. The number of anilines is 1. The van der Waals surface area contributed by atoms with E-state index in [-0.39, 0.29) is 34.0 Å². The van der Waals surface area contributed by atoms with Gasteiger partial charge in [-0.3, -0.25) is 4.79 Å². The summed E-state index contributed by atoms with van der Waals surface area (Å²) in [6, 6.07) is 11.2. The second kappa shape index (κ2) is 9.39. The fourth-order valence-corrected chi connectivity index (χ4v) is 3.38.